The topological polar surface area (TPSA) is 30.5 Å². The van der Waals surface area contributed by atoms with Gasteiger partial charge in [-0.2, -0.15) is 0 Å². The van der Waals surface area contributed by atoms with E-state index < -0.39 is 5.82 Å². The maximum Gasteiger partial charge on any atom is 0.163 e. The SMILES string of the molecule is COc1cc(CNc2ccc(F)c(Cl)c2)c(Cl)cc1OCc1ccccc1F. The van der Waals surface area contributed by atoms with Gasteiger partial charge in [0.15, 0.2) is 11.5 Å². The summed E-state index contributed by atoms with van der Waals surface area (Å²) in [7, 11) is 1.51. The van der Waals surface area contributed by atoms with E-state index in [4.69, 9.17) is 32.7 Å². The normalized spacial score (nSPS) is 10.6. The minimum atomic E-state index is -0.483. The highest BCUT2D eigenvalue weighted by Crippen LogP contribution is 2.34. The third kappa shape index (κ3) is 4.86. The van der Waals surface area contributed by atoms with E-state index in [1.807, 2.05) is 0 Å². The molecule has 0 heterocycles. The number of hydrogen-bond donors (Lipinski definition) is 1. The Hall–Kier alpha value is -2.50. The van der Waals surface area contributed by atoms with Crippen LogP contribution in [0.3, 0.4) is 0 Å². The molecule has 3 nitrogen and oxygen atoms in total. The molecule has 3 aromatic carbocycles. The summed E-state index contributed by atoms with van der Waals surface area (Å²) in [5.41, 5.74) is 1.83. The van der Waals surface area contributed by atoms with Crippen LogP contribution >= 0.6 is 23.2 Å². The quantitative estimate of drug-likeness (QED) is 0.472. The van der Waals surface area contributed by atoms with Gasteiger partial charge in [-0.15, -0.1) is 0 Å². The van der Waals surface area contributed by atoms with Crippen molar-refractivity contribution in [1.29, 1.82) is 0 Å². The second-order valence-corrected chi connectivity index (χ2v) is 6.77. The van der Waals surface area contributed by atoms with Gasteiger partial charge in [-0.05, 0) is 35.9 Å². The molecule has 0 aliphatic heterocycles. The first-order chi connectivity index (χ1) is 13.5. The van der Waals surface area contributed by atoms with Gasteiger partial charge in [-0.25, -0.2) is 8.78 Å². The largest absolute Gasteiger partial charge is 0.493 e. The van der Waals surface area contributed by atoms with E-state index in [9.17, 15) is 8.78 Å². The summed E-state index contributed by atoms with van der Waals surface area (Å²) < 4.78 is 38.1. The van der Waals surface area contributed by atoms with Crippen molar-refractivity contribution in [3.63, 3.8) is 0 Å². The molecule has 0 spiro atoms. The third-order valence-corrected chi connectivity index (χ3v) is 4.72. The fraction of sp³-hybridized carbons (Fsp3) is 0.143. The van der Waals surface area contributed by atoms with Crippen LogP contribution in [0.5, 0.6) is 11.5 Å². The molecular weight excluding hydrogens is 407 g/mol. The van der Waals surface area contributed by atoms with Crippen molar-refractivity contribution >= 4 is 28.9 Å². The average molecular weight is 424 g/mol. The summed E-state index contributed by atoms with van der Waals surface area (Å²) in [5, 5.41) is 3.61. The maximum atomic E-state index is 13.8. The van der Waals surface area contributed by atoms with Gasteiger partial charge in [0.1, 0.15) is 18.2 Å². The molecule has 0 saturated carbocycles. The summed E-state index contributed by atoms with van der Waals surface area (Å²) in [5.74, 6) is 0.0497. The Balaban J connectivity index is 1.73. The molecule has 28 heavy (non-hydrogen) atoms. The number of hydrogen-bond acceptors (Lipinski definition) is 3. The lowest BCUT2D eigenvalue weighted by Crippen LogP contribution is -2.03. The van der Waals surface area contributed by atoms with Crippen molar-refractivity contribution in [2.24, 2.45) is 0 Å². The molecule has 0 aliphatic carbocycles. The highest BCUT2D eigenvalue weighted by Gasteiger charge is 2.12. The van der Waals surface area contributed by atoms with Gasteiger partial charge in [0.25, 0.3) is 0 Å². The van der Waals surface area contributed by atoms with Crippen molar-refractivity contribution in [1.82, 2.24) is 0 Å². The van der Waals surface area contributed by atoms with E-state index in [-0.39, 0.29) is 17.4 Å². The van der Waals surface area contributed by atoms with Crippen molar-refractivity contribution in [2.75, 3.05) is 12.4 Å². The zero-order valence-electron chi connectivity index (χ0n) is 14.9. The lowest BCUT2D eigenvalue weighted by atomic mass is 10.2. The number of rotatable bonds is 7. The van der Waals surface area contributed by atoms with E-state index >= 15 is 0 Å². The van der Waals surface area contributed by atoms with Crippen LogP contribution in [-0.4, -0.2) is 7.11 Å². The minimum Gasteiger partial charge on any atom is -0.493 e. The zero-order chi connectivity index (χ0) is 20.1. The zero-order valence-corrected chi connectivity index (χ0v) is 16.5. The first kappa shape index (κ1) is 20.2. The Morgan fingerprint density at radius 1 is 0.857 bits per heavy atom. The standard InChI is InChI=1S/C21H17Cl2F2NO2/c1-27-20-8-14(11-26-15-6-7-19(25)17(23)9-15)16(22)10-21(20)28-12-13-4-2-3-5-18(13)24/h2-10,26H,11-12H2,1H3. The number of methoxy groups -OCH3 is 1. The molecule has 3 rings (SSSR count). The maximum absolute atomic E-state index is 13.8. The highest BCUT2D eigenvalue weighted by molar-refractivity contribution is 6.31. The predicted molar refractivity (Wildman–Crippen MR) is 107 cm³/mol. The van der Waals surface area contributed by atoms with Crippen molar-refractivity contribution < 1.29 is 18.3 Å². The summed E-state index contributed by atoms with van der Waals surface area (Å²) >= 11 is 12.1. The predicted octanol–water partition coefficient (Wildman–Crippen LogP) is 6.47. The van der Waals surface area contributed by atoms with Crippen molar-refractivity contribution in [3.05, 3.63) is 87.4 Å². The van der Waals surface area contributed by atoms with Gasteiger partial charge < -0.3 is 14.8 Å². The summed E-state index contributed by atoms with van der Waals surface area (Å²) in [4.78, 5) is 0. The molecule has 0 bridgehead atoms. The van der Waals surface area contributed by atoms with Gasteiger partial charge in [0, 0.05) is 28.9 Å². The number of benzene rings is 3. The molecule has 0 aliphatic rings. The molecule has 0 aromatic heterocycles. The van der Waals surface area contributed by atoms with Crippen LogP contribution in [0, 0.1) is 11.6 Å². The molecule has 146 valence electrons. The first-order valence-corrected chi connectivity index (χ1v) is 9.15. The smallest absolute Gasteiger partial charge is 0.163 e. The number of anilines is 1. The van der Waals surface area contributed by atoms with Gasteiger partial charge in [0.2, 0.25) is 0 Å². The molecule has 0 unspecified atom stereocenters. The Labute approximate surface area is 171 Å². The molecule has 3 aromatic rings. The van der Waals surface area contributed by atoms with E-state index in [1.54, 1.807) is 36.4 Å². The van der Waals surface area contributed by atoms with Crippen LogP contribution in [0.2, 0.25) is 10.0 Å². The minimum absolute atomic E-state index is 0.0329. The van der Waals surface area contributed by atoms with E-state index in [2.05, 4.69) is 5.32 Å². The van der Waals surface area contributed by atoms with Gasteiger partial charge in [-0.1, -0.05) is 41.4 Å². The Morgan fingerprint density at radius 3 is 2.36 bits per heavy atom. The van der Waals surface area contributed by atoms with E-state index in [1.165, 1.54) is 25.3 Å². The summed E-state index contributed by atoms with van der Waals surface area (Å²) in [6.07, 6.45) is 0. The van der Waals surface area contributed by atoms with Crippen LogP contribution in [0.25, 0.3) is 0 Å². The van der Waals surface area contributed by atoms with E-state index in [0.717, 1.165) is 5.56 Å². The van der Waals surface area contributed by atoms with Crippen molar-refractivity contribution in [3.8, 4) is 11.5 Å². The van der Waals surface area contributed by atoms with Crippen LogP contribution < -0.4 is 14.8 Å². The molecule has 1 N–H and O–H groups in total. The molecule has 0 radical (unpaired) electrons. The van der Waals surface area contributed by atoms with Gasteiger partial charge in [-0.3, -0.25) is 0 Å². The van der Waals surface area contributed by atoms with Crippen LogP contribution in [0.4, 0.5) is 14.5 Å². The molecule has 0 saturated heterocycles. The summed E-state index contributed by atoms with van der Waals surface area (Å²) in [6.45, 7) is 0.412. The number of ether oxygens (including phenoxy) is 2. The first-order valence-electron chi connectivity index (χ1n) is 8.39. The van der Waals surface area contributed by atoms with Crippen LogP contribution in [0.15, 0.2) is 54.6 Å². The highest BCUT2D eigenvalue weighted by atomic mass is 35.5. The lowest BCUT2D eigenvalue weighted by molar-refractivity contribution is 0.279. The second-order valence-electron chi connectivity index (χ2n) is 5.96. The lowest BCUT2D eigenvalue weighted by Gasteiger charge is -2.15. The Bertz CT molecular complexity index is 983. The fourth-order valence-electron chi connectivity index (χ4n) is 2.56. The number of halogens is 4. The average Bonchev–Trinajstić information content (AvgIpc) is 2.69. The molecule has 0 atom stereocenters. The molecule has 0 fully saturated rings. The second kappa shape index (κ2) is 9.13. The van der Waals surface area contributed by atoms with Crippen LogP contribution in [0.1, 0.15) is 11.1 Å². The molecule has 0 amide bonds. The molecule has 7 heteroatoms. The van der Waals surface area contributed by atoms with E-state index in [0.29, 0.717) is 34.3 Å². The Kier molecular flexibility index (Phi) is 6.60. The van der Waals surface area contributed by atoms with Crippen molar-refractivity contribution in [2.45, 2.75) is 13.2 Å². The summed E-state index contributed by atoms with van der Waals surface area (Å²) in [6, 6.07) is 14.1. The Morgan fingerprint density at radius 2 is 1.64 bits per heavy atom. The monoisotopic (exact) mass is 423 g/mol. The third-order valence-electron chi connectivity index (χ3n) is 4.08. The van der Waals surface area contributed by atoms with Crippen LogP contribution in [-0.2, 0) is 13.2 Å². The molecular formula is C21H17Cl2F2NO2. The van der Waals surface area contributed by atoms with Gasteiger partial charge >= 0.3 is 0 Å². The number of nitrogens with one attached hydrogen (secondary N) is 1. The fourth-order valence-corrected chi connectivity index (χ4v) is 2.96. The van der Waals surface area contributed by atoms with Gasteiger partial charge in [0.05, 0.1) is 12.1 Å².